The van der Waals surface area contributed by atoms with Crippen molar-refractivity contribution in [3.63, 3.8) is 0 Å². The second-order valence-corrected chi connectivity index (χ2v) is 12.1. The SMILES string of the molecule is C=CC(=O)OCCCCCCOc1ccc(C(=O)Oc2ccc(OC(=O)c3ccc(OCCCCCCOC(=O)C=C)cc3)c(-c3ccccc3)c2)cc1. The average Bonchev–Trinajstić information content (AvgIpc) is 3.20. The summed E-state index contributed by atoms with van der Waals surface area (Å²) >= 11 is 0. The predicted molar refractivity (Wildman–Crippen MR) is 205 cm³/mol. The first-order valence-electron chi connectivity index (χ1n) is 18.0. The summed E-state index contributed by atoms with van der Waals surface area (Å²) in [6, 6.07) is 27.7. The zero-order valence-electron chi connectivity index (χ0n) is 30.4. The minimum atomic E-state index is -0.547. The summed E-state index contributed by atoms with van der Waals surface area (Å²) in [4.78, 5) is 48.4. The Morgan fingerprint density at radius 3 is 1.41 bits per heavy atom. The van der Waals surface area contributed by atoms with Crippen LogP contribution in [0.25, 0.3) is 11.1 Å². The normalized spacial score (nSPS) is 10.4. The van der Waals surface area contributed by atoms with E-state index < -0.39 is 23.9 Å². The molecule has 0 aliphatic carbocycles. The summed E-state index contributed by atoms with van der Waals surface area (Å²) in [5.74, 6) is -0.0370. The molecule has 0 bridgehead atoms. The van der Waals surface area contributed by atoms with Crippen molar-refractivity contribution < 1.29 is 47.6 Å². The van der Waals surface area contributed by atoms with E-state index in [0.717, 1.165) is 69.1 Å². The number of ether oxygens (including phenoxy) is 6. The van der Waals surface area contributed by atoms with Crippen LogP contribution in [0, 0.1) is 0 Å². The van der Waals surface area contributed by atoms with E-state index in [0.29, 0.717) is 60.4 Å². The standard InChI is InChI=1S/C44H46O10/c1-3-41(45)51-30-14-7-5-12-28-49-36-22-18-34(19-23-36)43(47)53-38-26-27-40(39(32-38)33-16-10-9-11-17-33)54-44(48)35-20-24-37(25-21-35)50-29-13-6-8-15-31-52-42(46)4-2/h3-4,9-11,16-27,32H,1-2,5-8,12-15,28-31H2. The van der Waals surface area contributed by atoms with Crippen molar-refractivity contribution in [2.75, 3.05) is 26.4 Å². The number of unbranched alkanes of at least 4 members (excludes halogenated alkanes) is 6. The number of carbonyl (C=O) groups excluding carboxylic acids is 4. The highest BCUT2D eigenvalue weighted by Crippen LogP contribution is 2.34. The first-order valence-corrected chi connectivity index (χ1v) is 18.0. The number of rotatable bonds is 23. The molecule has 0 N–H and O–H groups in total. The van der Waals surface area contributed by atoms with E-state index in [9.17, 15) is 19.2 Å². The number of esters is 4. The molecule has 4 aromatic rings. The lowest BCUT2D eigenvalue weighted by atomic mass is 10.0. The van der Waals surface area contributed by atoms with Crippen molar-refractivity contribution in [2.24, 2.45) is 0 Å². The van der Waals surface area contributed by atoms with Gasteiger partial charge < -0.3 is 28.4 Å². The summed E-state index contributed by atoms with van der Waals surface area (Å²) in [6.45, 7) is 8.55. The van der Waals surface area contributed by atoms with Gasteiger partial charge in [0.1, 0.15) is 23.0 Å². The summed E-state index contributed by atoms with van der Waals surface area (Å²) in [5.41, 5.74) is 2.05. The molecule has 0 unspecified atom stereocenters. The van der Waals surface area contributed by atoms with E-state index in [2.05, 4.69) is 13.2 Å². The Hall–Kier alpha value is -6.16. The van der Waals surface area contributed by atoms with Gasteiger partial charge in [-0.3, -0.25) is 0 Å². The molecule has 4 aromatic carbocycles. The molecule has 0 saturated carbocycles. The van der Waals surface area contributed by atoms with E-state index in [1.807, 2.05) is 30.3 Å². The average molecular weight is 735 g/mol. The van der Waals surface area contributed by atoms with Gasteiger partial charge in [-0.15, -0.1) is 0 Å². The van der Waals surface area contributed by atoms with E-state index in [-0.39, 0.29) is 5.75 Å². The lowest BCUT2D eigenvalue weighted by Crippen LogP contribution is -2.11. The van der Waals surface area contributed by atoms with Crippen molar-refractivity contribution in [3.05, 3.63) is 133 Å². The third kappa shape index (κ3) is 14.1. The van der Waals surface area contributed by atoms with Gasteiger partial charge in [0, 0.05) is 17.7 Å². The Kier molecular flexibility index (Phi) is 17.1. The monoisotopic (exact) mass is 734 g/mol. The van der Waals surface area contributed by atoms with Crippen LogP contribution in [0.3, 0.4) is 0 Å². The summed E-state index contributed by atoms with van der Waals surface area (Å²) in [7, 11) is 0. The fourth-order valence-corrected chi connectivity index (χ4v) is 5.16. The highest BCUT2D eigenvalue weighted by atomic mass is 16.5. The molecule has 0 radical (unpaired) electrons. The molecular weight excluding hydrogens is 688 g/mol. The van der Waals surface area contributed by atoms with Crippen LogP contribution in [0.15, 0.2) is 122 Å². The molecule has 54 heavy (non-hydrogen) atoms. The summed E-state index contributed by atoms with van der Waals surface area (Å²) < 4.78 is 33.1. The Balaban J connectivity index is 1.26. The van der Waals surface area contributed by atoms with Gasteiger partial charge >= 0.3 is 23.9 Å². The van der Waals surface area contributed by atoms with E-state index in [1.165, 1.54) is 0 Å². The largest absolute Gasteiger partial charge is 0.494 e. The Labute approximate surface area is 316 Å². The van der Waals surface area contributed by atoms with Crippen LogP contribution in [0.1, 0.15) is 72.1 Å². The zero-order chi connectivity index (χ0) is 38.4. The fraction of sp³-hybridized carbons (Fsp3) is 0.273. The van der Waals surface area contributed by atoms with Crippen molar-refractivity contribution in [3.8, 4) is 34.1 Å². The molecule has 0 heterocycles. The molecule has 0 atom stereocenters. The fourth-order valence-electron chi connectivity index (χ4n) is 5.16. The van der Waals surface area contributed by atoms with Gasteiger partial charge in [0.25, 0.3) is 0 Å². The van der Waals surface area contributed by atoms with Crippen molar-refractivity contribution in [1.82, 2.24) is 0 Å². The minimum absolute atomic E-state index is 0.288. The van der Waals surface area contributed by atoms with Crippen molar-refractivity contribution in [2.45, 2.75) is 51.4 Å². The maximum atomic E-state index is 13.2. The Morgan fingerprint density at radius 1 is 0.481 bits per heavy atom. The first-order chi connectivity index (χ1) is 26.4. The molecule has 0 aliphatic rings. The molecule has 10 nitrogen and oxygen atoms in total. The van der Waals surface area contributed by atoms with Crippen LogP contribution < -0.4 is 18.9 Å². The summed E-state index contributed by atoms with van der Waals surface area (Å²) in [5, 5.41) is 0. The minimum Gasteiger partial charge on any atom is -0.494 e. The highest BCUT2D eigenvalue weighted by molar-refractivity contribution is 5.93. The van der Waals surface area contributed by atoms with Gasteiger partial charge in [0.15, 0.2) is 0 Å². The van der Waals surface area contributed by atoms with Crippen LogP contribution in [-0.2, 0) is 19.1 Å². The molecular formula is C44H46O10. The van der Waals surface area contributed by atoms with Crippen LogP contribution in [0.4, 0.5) is 0 Å². The molecule has 0 aliphatic heterocycles. The van der Waals surface area contributed by atoms with Gasteiger partial charge in [-0.1, -0.05) is 43.5 Å². The van der Waals surface area contributed by atoms with Crippen molar-refractivity contribution >= 4 is 23.9 Å². The predicted octanol–water partition coefficient (Wildman–Crippen LogP) is 9.13. The smallest absolute Gasteiger partial charge is 0.343 e. The molecule has 10 heteroatoms. The maximum Gasteiger partial charge on any atom is 0.343 e. The van der Waals surface area contributed by atoms with Crippen LogP contribution in [-0.4, -0.2) is 50.3 Å². The van der Waals surface area contributed by atoms with Gasteiger partial charge in [-0.05, 0) is 124 Å². The molecule has 4 rings (SSSR count). The summed E-state index contributed by atoms with van der Waals surface area (Å²) in [6.07, 6.45) is 9.27. The Bertz CT molecular complexity index is 1810. The molecule has 282 valence electrons. The zero-order valence-corrected chi connectivity index (χ0v) is 30.4. The van der Waals surface area contributed by atoms with Gasteiger partial charge in [-0.25, -0.2) is 19.2 Å². The quantitative estimate of drug-likeness (QED) is 0.0315. The second kappa shape index (κ2) is 22.7. The maximum absolute atomic E-state index is 13.2. The molecule has 0 spiro atoms. The lowest BCUT2D eigenvalue weighted by Gasteiger charge is -2.13. The van der Waals surface area contributed by atoms with E-state index in [1.54, 1.807) is 66.7 Å². The lowest BCUT2D eigenvalue weighted by molar-refractivity contribution is -0.138. The van der Waals surface area contributed by atoms with Crippen LogP contribution in [0.5, 0.6) is 23.0 Å². The number of carbonyl (C=O) groups is 4. The topological polar surface area (TPSA) is 124 Å². The van der Waals surface area contributed by atoms with Gasteiger partial charge in [0.05, 0.1) is 37.6 Å². The third-order valence-electron chi connectivity index (χ3n) is 8.07. The third-order valence-corrected chi connectivity index (χ3v) is 8.07. The number of hydrogen-bond acceptors (Lipinski definition) is 10. The van der Waals surface area contributed by atoms with Crippen molar-refractivity contribution in [1.29, 1.82) is 0 Å². The highest BCUT2D eigenvalue weighted by Gasteiger charge is 2.17. The second-order valence-electron chi connectivity index (χ2n) is 12.1. The molecule has 0 aromatic heterocycles. The molecule has 0 saturated heterocycles. The van der Waals surface area contributed by atoms with Gasteiger partial charge in [0.2, 0.25) is 0 Å². The van der Waals surface area contributed by atoms with E-state index in [4.69, 9.17) is 28.4 Å². The van der Waals surface area contributed by atoms with Gasteiger partial charge in [-0.2, -0.15) is 0 Å². The van der Waals surface area contributed by atoms with Crippen LogP contribution in [0.2, 0.25) is 0 Å². The first kappa shape index (κ1) is 40.6. The number of hydrogen-bond donors (Lipinski definition) is 0. The van der Waals surface area contributed by atoms with Crippen LogP contribution >= 0.6 is 0 Å². The van der Waals surface area contributed by atoms with E-state index >= 15 is 0 Å². The molecule has 0 fully saturated rings. The Morgan fingerprint density at radius 2 is 0.926 bits per heavy atom. The molecule has 0 amide bonds. The number of benzene rings is 4.